The summed E-state index contributed by atoms with van der Waals surface area (Å²) in [6, 6.07) is 4.02. The summed E-state index contributed by atoms with van der Waals surface area (Å²) in [5.74, 6) is 0. The van der Waals surface area contributed by atoms with Crippen LogP contribution in [0.1, 0.15) is 4.88 Å². The lowest BCUT2D eigenvalue weighted by Crippen LogP contribution is -1.57. The van der Waals surface area contributed by atoms with E-state index in [2.05, 4.69) is 0 Å². The SMILES string of the molecule is O=C/C=C\C=C\c1cccs1. The van der Waals surface area contributed by atoms with Crippen molar-refractivity contribution in [2.24, 2.45) is 0 Å². The maximum Gasteiger partial charge on any atom is 0.142 e. The maximum absolute atomic E-state index is 9.85. The Hall–Kier alpha value is -1.15. The molecule has 0 spiro atoms. The summed E-state index contributed by atoms with van der Waals surface area (Å²) >= 11 is 1.67. The second kappa shape index (κ2) is 4.63. The molecular formula is C9H8OS. The molecule has 11 heavy (non-hydrogen) atoms. The highest BCUT2D eigenvalue weighted by Crippen LogP contribution is 2.09. The van der Waals surface area contributed by atoms with Gasteiger partial charge in [-0.15, -0.1) is 11.3 Å². The van der Waals surface area contributed by atoms with Crippen LogP contribution in [0.3, 0.4) is 0 Å². The Kier molecular flexibility index (Phi) is 3.35. The minimum absolute atomic E-state index is 0.763. The molecule has 1 rings (SSSR count). The third kappa shape index (κ3) is 2.96. The summed E-state index contributed by atoms with van der Waals surface area (Å²) in [5.41, 5.74) is 0. The zero-order chi connectivity index (χ0) is 7.94. The largest absolute Gasteiger partial charge is 0.299 e. The first-order valence-corrected chi connectivity index (χ1v) is 4.13. The molecular weight excluding hydrogens is 156 g/mol. The van der Waals surface area contributed by atoms with Crippen molar-refractivity contribution in [3.05, 3.63) is 40.6 Å². The van der Waals surface area contributed by atoms with Crippen molar-refractivity contribution in [3.8, 4) is 0 Å². The van der Waals surface area contributed by atoms with Gasteiger partial charge in [-0.1, -0.05) is 18.2 Å². The van der Waals surface area contributed by atoms with E-state index in [-0.39, 0.29) is 0 Å². The monoisotopic (exact) mass is 164 g/mol. The topological polar surface area (TPSA) is 17.1 Å². The van der Waals surface area contributed by atoms with E-state index in [1.165, 1.54) is 11.0 Å². The molecule has 1 heterocycles. The van der Waals surface area contributed by atoms with Gasteiger partial charge in [-0.05, 0) is 23.6 Å². The van der Waals surface area contributed by atoms with E-state index in [0.717, 1.165) is 6.29 Å². The predicted octanol–water partition coefficient (Wildman–Crippen LogP) is 2.52. The lowest BCUT2D eigenvalue weighted by Gasteiger charge is -1.77. The Balaban J connectivity index is 2.49. The van der Waals surface area contributed by atoms with Crippen molar-refractivity contribution in [2.75, 3.05) is 0 Å². The first-order valence-electron chi connectivity index (χ1n) is 3.25. The highest BCUT2D eigenvalue weighted by atomic mass is 32.1. The van der Waals surface area contributed by atoms with Gasteiger partial charge >= 0.3 is 0 Å². The summed E-state index contributed by atoms with van der Waals surface area (Å²) in [7, 11) is 0. The Morgan fingerprint density at radius 1 is 1.27 bits per heavy atom. The van der Waals surface area contributed by atoms with Crippen LogP contribution in [0.15, 0.2) is 35.7 Å². The van der Waals surface area contributed by atoms with Crippen LogP contribution in [0.4, 0.5) is 0 Å². The van der Waals surface area contributed by atoms with E-state index >= 15 is 0 Å². The van der Waals surface area contributed by atoms with E-state index < -0.39 is 0 Å². The van der Waals surface area contributed by atoms with Crippen molar-refractivity contribution in [1.29, 1.82) is 0 Å². The molecule has 0 aliphatic rings. The first-order chi connectivity index (χ1) is 5.43. The van der Waals surface area contributed by atoms with E-state index in [0.29, 0.717) is 0 Å². The molecule has 1 aromatic heterocycles. The molecule has 1 aromatic rings. The van der Waals surface area contributed by atoms with Crippen LogP contribution < -0.4 is 0 Å². The molecule has 1 nitrogen and oxygen atoms in total. The fraction of sp³-hybridized carbons (Fsp3) is 0. The van der Waals surface area contributed by atoms with Gasteiger partial charge in [0.25, 0.3) is 0 Å². The lowest BCUT2D eigenvalue weighted by atomic mass is 10.4. The highest BCUT2D eigenvalue weighted by molar-refractivity contribution is 7.10. The number of hydrogen-bond donors (Lipinski definition) is 0. The van der Waals surface area contributed by atoms with Gasteiger partial charge in [0.2, 0.25) is 0 Å². The normalized spacial score (nSPS) is 11.3. The Labute approximate surface area is 69.7 Å². The van der Waals surface area contributed by atoms with E-state index in [1.54, 1.807) is 17.4 Å². The third-order valence-corrected chi connectivity index (χ3v) is 1.94. The van der Waals surface area contributed by atoms with Gasteiger partial charge in [-0.3, -0.25) is 4.79 Å². The van der Waals surface area contributed by atoms with Gasteiger partial charge < -0.3 is 0 Å². The second-order valence-electron chi connectivity index (χ2n) is 1.90. The summed E-state index contributed by atoms with van der Waals surface area (Å²) in [6.45, 7) is 0. The van der Waals surface area contributed by atoms with Crippen LogP contribution in [0.25, 0.3) is 6.08 Å². The number of allylic oxidation sites excluding steroid dienone is 3. The third-order valence-electron chi connectivity index (χ3n) is 1.10. The van der Waals surface area contributed by atoms with E-state index in [1.807, 2.05) is 29.7 Å². The maximum atomic E-state index is 9.85. The molecule has 0 aromatic carbocycles. The fourth-order valence-electron chi connectivity index (χ4n) is 0.646. The van der Waals surface area contributed by atoms with Gasteiger partial charge in [0, 0.05) is 4.88 Å². The molecule has 0 radical (unpaired) electrons. The van der Waals surface area contributed by atoms with Crippen LogP contribution in [0.5, 0.6) is 0 Å². The average Bonchev–Trinajstić information content (AvgIpc) is 2.50. The zero-order valence-electron chi connectivity index (χ0n) is 5.94. The molecule has 0 atom stereocenters. The van der Waals surface area contributed by atoms with Crippen molar-refractivity contribution < 1.29 is 4.79 Å². The fourth-order valence-corrected chi connectivity index (χ4v) is 1.27. The number of hydrogen-bond acceptors (Lipinski definition) is 2. The molecule has 0 saturated carbocycles. The molecule has 0 aliphatic heterocycles. The quantitative estimate of drug-likeness (QED) is 0.381. The minimum Gasteiger partial charge on any atom is -0.299 e. The highest BCUT2D eigenvalue weighted by Gasteiger charge is 1.81. The Morgan fingerprint density at radius 2 is 2.18 bits per heavy atom. The molecule has 0 unspecified atom stereocenters. The molecule has 0 amide bonds. The number of carbonyl (C=O) groups is 1. The number of rotatable bonds is 3. The molecule has 2 heteroatoms. The number of thiophene rings is 1. The first kappa shape index (κ1) is 7.95. The molecule has 56 valence electrons. The zero-order valence-corrected chi connectivity index (χ0v) is 6.75. The average molecular weight is 164 g/mol. The van der Waals surface area contributed by atoms with Crippen molar-refractivity contribution >= 4 is 23.7 Å². The standard InChI is InChI=1S/C9H8OS/c10-7-3-1-2-5-9-6-4-8-11-9/h1-8H/b3-1-,5-2+. The summed E-state index contributed by atoms with van der Waals surface area (Å²) < 4.78 is 0. The van der Waals surface area contributed by atoms with Gasteiger partial charge in [0.05, 0.1) is 0 Å². The van der Waals surface area contributed by atoms with E-state index in [4.69, 9.17) is 0 Å². The van der Waals surface area contributed by atoms with Crippen molar-refractivity contribution in [2.45, 2.75) is 0 Å². The van der Waals surface area contributed by atoms with E-state index in [9.17, 15) is 4.79 Å². The molecule has 0 N–H and O–H groups in total. The summed E-state index contributed by atoms with van der Waals surface area (Å²) in [6.07, 6.45) is 7.75. The van der Waals surface area contributed by atoms with Crippen LogP contribution in [-0.2, 0) is 4.79 Å². The Morgan fingerprint density at radius 3 is 2.82 bits per heavy atom. The smallest absolute Gasteiger partial charge is 0.142 e. The lowest BCUT2D eigenvalue weighted by molar-refractivity contribution is -0.104. The van der Waals surface area contributed by atoms with Crippen LogP contribution in [-0.4, -0.2) is 6.29 Å². The minimum atomic E-state index is 0.763. The molecule has 0 bridgehead atoms. The van der Waals surface area contributed by atoms with Gasteiger partial charge in [0.15, 0.2) is 0 Å². The van der Waals surface area contributed by atoms with Crippen molar-refractivity contribution in [1.82, 2.24) is 0 Å². The van der Waals surface area contributed by atoms with Crippen LogP contribution in [0.2, 0.25) is 0 Å². The summed E-state index contributed by atoms with van der Waals surface area (Å²) in [4.78, 5) is 11.0. The summed E-state index contributed by atoms with van der Waals surface area (Å²) in [5, 5.41) is 2.02. The van der Waals surface area contributed by atoms with Crippen LogP contribution in [0, 0.1) is 0 Å². The molecule has 0 saturated heterocycles. The predicted molar refractivity (Wildman–Crippen MR) is 48.6 cm³/mol. The second-order valence-corrected chi connectivity index (χ2v) is 2.87. The van der Waals surface area contributed by atoms with Crippen LogP contribution >= 0.6 is 11.3 Å². The number of carbonyl (C=O) groups excluding carboxylic acids is 1. The molecule has 0 fully saturated rings. The van der Waals surface area contributed by atoms with Gasteiger partial charge in [-0.25, -0.2) is 0 Å². The van der Waals surface area contributed by atoms with Gasteiger partial charge in [0.1, 0.15) is 6.29 Å². The molecule has 0 aliphatic carbocycles. The number of aldehydes is 1. The van der Waals surface area contributed by atoms with Crippen molar-refractivity contribution in [3.63, 3.8) is 0 Å². The Bertz CT molecular complexity index is 257. The van der Waals surface area contributed by atoms with Gasteiger partial charge in [-0.2, -0.15) is 0 Å².